The molecule has 2 nitrogen and oxygen atoms in total. The number of benzene rings is 15. The van der Waals surface area contributed by atoms with Crippen LogP contribution in [0.5, 0.6) is 5.75 Å². The number of alkyl halides is 23. The summed E-state index contributed by atoms with van der Waals surface area (Å²) in [6.45, 7) is 0. The molecular formula is C90H51F23O2S. The van der Waals surface area contributed by atoms with Crippen LogP contribution in [0, 0.1) is 0 Å². The van der Waals surface area contributed by atoms with Gasteiger partial charge in [0.2, 0.25) is 0 Å². The average molecular weight is 1630 g/mol. The minimum atomic E-state index is -9.50. The SMILES string of the molecule is O=C(Oc1ccccc1)C(F)(F)C(F)(F)C(F)(F)C(F)(F)C(F)(F)C(F)(F)C(F)(F)C(F)(F)C(F)(F)C(F)(F)C(F)(F)F.c1ccc2c(-c3cc(-c4cccc5ccccc45)c(Sc4c(-c5cccc6ccccc56)cc(-c5cccc6ccccc56)cc4-c4cccc5ccccc45)c(-c4cccc5ccccc45)c3)cccc2c1. The largest absolute Gasteiger partial charge is 0.460 e. The van der Waals surface area contributed by atoms with Crippen molar-refractivity contribution in [1.82, 2.24) is 0 Å². The summed E-state index contributed by atoms with van der Waals surface area (Å²) in [7, 11) is 0. The number of rotatable bonds is 19. The molecule has 0 fully saturated rings. The molecule has 0 spiro atoms. The number of ether oxygens (including phenoxy) is 1. The van der Waals surface area contributed by atoms with Gasteiger partial charge < -0.3 is 4.74 Å². The maximum atomic E-state index is 13.8. The van der Waals surface area contributed by atoms with E-state index in [1.165, 1.54) is 141 Å². The molecule has 590 valence electrons. The van der Waals surface area contributed by atoms with Crippen molar-refractivity contribution in [2.45, 2.75) is 75.2 Å². The number of carbonyl (C=O) groups is 1. The van der Waals surface area contributed by atoms with E-state index in [1.807, 2.05) is 11.8 Å². The maximum Gasteiger partial charge on any atom is 0.460 e. The van der Waals surface area contributed by atoms with Gasteiger partial charge >= 0.3 is 71.4 Å². The highest BCUT2D eigenvalue weighted by Gasteiger charge is 2.99. The Morgan fingerprint density at radius 1 is 0.216 bits per heavy atom. The minimum absolute atomic E-state index is 0.383. The first-order valence-corrected chi connectivity index (χ1v) is 35.6. The lowest BCUT2D eigenvalue weighted by Crippen LogP contribution is -2.78. The van der Waals surface area contributed by atoms with Crippen LogP contribution in [-0.4, -0.2) is 71.4 Å². The summed E-state index contributed by atoms with van der Waals surface area (Å²) in [4.78, 5) is 13.7. The molecule has 26 heteroatoms. The van der Waals surface area contributed by atoms with E-state index in [1.54, 1.807) is 0 Å². The van der Waals surface area contributed by atoms with Gasteiger partial charge in [0.25, 0.3) is 0 Å². The molecule has 0 amide bonds. The highest BCUT2D eigenvalue weighted by Crippen LogP contribution is 2.68. The molecule has 0 saturated carbocycles. The Balaban J connectivity index is 0.000000223. The Kier molecular flexibility index (Phi) is 20.5. The van der Waals surface area contributed by atoms with Gasteiger partial charge in [0.1, 0.15) is 5.75 Å². The quantitative estimate of drug-likeness (QED) is 0.0458. The molecule has 0 N–H and O–H groups in total. The van der Waals surface area contributed by atoms with Crippen LogP contribution in [0.15, 0.2) is 319 Å². The van der Waals surface area contributed by atoms with Gasteiger partial charge in [-0.25, -0.2) is 4.79 Å². The zero-order valence-corrected chi connectivity index (χ0v) is 59.7. The van der Waals surface area contributed by atoms with E-state index >= 15 is 0 Å². The van der Waals surface area contributed by atoms with E-state index in [2.05, 4.69) is 284 Å². The smallest absolute Gasteiger partial charge is 0.422 e. The molecule has 0 aliphatic rings. The van der Waals surface area contributed by atoms with Gasteiger partial charge in [0, 0.05) is 9.79 Å². The standard InChI is InChI=1S/C72H46S.C18H5F23O2/c1-7-31-55-47(19-1)25-13-37-61(55)53-43-67(63-39-15-27-49-21-3-9-33-57(49)63)71(68(44-53)64-40-16-28-50-22-4-10-34-58(50)64)73-72-69(65-41-17-29-51-23-5-11-35-59(51)65)45-54(62-38-14-26-48-20-2-8-32-56(48)62)46-70(72)66-42-18-30-52-24-6-12-36-60(52)66;19-8(20,7(42)43-6-4-2-1-3-5-6)9(21,22)10(23,24)11(25,26)12(27,28)13(29,30)14(31,32)15(33,34)16(35,36)17(37,38)18(39,40)41/h1-46H;1-5H. The van der Waals surface area contributed by atoms with Crippen LogP contribution in [0.1, 0.15) is 0 Å². The summed E-state index contributed by atoms with van der Waals surface area (Å²) in [5, 5.41) is 14.7. The van der Waals surface area contributed by atoms with Crippen LogP contribution in [-0.2, 0) is 4.79 Å². The number of fused-ring (bicyclic) bond motifs is 6. The third-order valence-corrected chi connectivity index (χ3v) is 21.3. The molecular weight excluding hydrogens is 1580 g/mol. The van der Waals surface area contributed by atoms with Gasteiger partial charge in [-0.2, -0.15) is 101 Å². The zero-order valence-electron chi connectivity index (χ0n) is 58.9. The molecule has 15 aromatic carbocycles. The third kappa shape index (κ3) is 13.1. The van der Waals surface area contributed by atoms with E-state index in [-0.39, 0.29) is 0 Å². The monoisotopic (exact) mass is 1630 g/mol. The number of hydrogen-bond donors (Lipinski definition) is 0. The molecule has 0 atom stereocenters. The van der Waals surface area contributed by atoms with E-state index < -0.39 is 77.1 Å². The average Bonchev–Trinajstić information content (AvgIpc) is 0.683. The summed E-state index contributed by atoms with van der Waals surface area (Å²) >= 11 is 1.92. The molecule has 0 aromatic heterocycles. The normalized spacial score (nSPS) is 13.2. The second-order valence-electron chi connectivity index (χ2n) is 27.0. The molecule has 0 radical (unpaired) electrons. The van der Waals surface area contributed by atoms with Crippen LogP contribution < -0.4 is 4.74 Å². The van der Waals surface area contributed by atoms with Gasteiger partial charge in [-0.1, -0.05) is 285 Å². The van der Waals surface area contributed by atoms with E-state index in [4.69, 9.17) is 0 Å². The molecule has 15 rings (SSSR count). The van der Waals surface area contributed by atoms with Crippen LogP contribution in [0.4, 0.5) is 101 Å². The predicted octanol–water partition coefficient (Wildman–Crippen LogP) is 29.3. The predicted molar refractivity (Wildman–Crippen MR) is 402 cm³/mol. The van der Waals surface area contributed by atoms with Crippen LogP contribution >= 0.6 is 11.8 Å². The van der Waals surface area contributed by atoms with Crippen molar-refractivity contribution in [3.63, 3.8) is 0 Å². The van der Waals surface area contributed by atoms with Crippen molar-refractivity contribution < 1.29 is 111 Å². The Bertz CT molecular complexity index is 5780. The summed E-state index contributed by atoms with van der Waals surface area (Å²) in [6.07, 6.45) is -8.13. The van der Waals surface area contributed by atoms with Gasteiger partial charge in [0.15, 0.2) is 0 Å². The second kappa shape index (κ2) is 29.4. The fraction of sp³-hybridized carbons (Fsp3) is 0.122. The van der Waals surface area contributed by atoms with E-state index in [9.17, 15) is 106 Å². The molecule has 0 heterocycles. The zero-order chi connectivity index (χ0) is 83.1. The minimum Gasteiger partial charge on any atom is -0.422 e. The highest BCUT2D eigenvalue weighted by atomic mass is 32.2. The molecule has 0 saturated heterocycles. The lowest BCUT2D eigenvalue weighted by atomic mass is 9.85. The molecule has 0 aliphatic carbocycles. The lowest BCUT2D eigenvalue weighted by Gasteiger charge is -2.44. The first-order chi connectivity index (χ1) is 54.7. The lowest BCUT2D eigenvalue weighted by molar-refractivity contribution is -0.477. The molecule has 116 heavy (non-hydrogen) atoms. The maximum absolute atomic E-state index is 13.8. The number of halogens is 23. The fourth-order valence-corrected chi connectivity index (χ4v) is 15.3. The van der Waals surface area contributed by atoms with Crippen molar-refractivity contribution in [2.24, 2.45) is 0 Å². The highest BCUT2D eigenvalue weighted by molar-refractivity contribution is 8.00. The number of para-hydroxylation sites is 1. The Morgan fingerprint density at radius 3 is 0.681 bits per heavy atom. The Morgan fingerprint density at radius 2 is 0.422 bits per heavy atom. The van der Waals surface area contributed by atoms with Crippen molar-refractivity contribution in [2.75, 3.05) is 0 Å². The first kappa shape index (κ1) is 80.7. The Labute approximate surface area is 647 Å². The summed E-state index contributed by atoms with van der Waals surface area (Å²) < 4.78 is 310. The third-order valence-electron chi connectivity index (χ3n) is 20.0. The van der Waals surface area contributed by atoms with Crippen molar-refractivity contribution in [3.05, 3.63) is 309 Å². The number of hydrogen-bond acceptors (Lipinski definition) is 3. The second-order valence-corrected chi connectivity index (χ2v) is 28.0. The molecule has 0 unspecified atom stereocenters. The number of esters is 1. The summed E-state index contributed by atoms with van der Waals surface area (Å²) in [5.74, 6) is -95.1. The van der Waals surface area contributed by atoms with Crippen molar-refractivity contribution in [1.29, 1.82) is 0 Å². The van der Waals surface area contributed by atoms with Gasteiger partial charge in [0.05, 0.1) is 0 Å². The van der Waals surface area contributed by atoms with Crippen LogP contribution in [0.25, 0.3) is 131 Å². The topological polar surface area (TPSA) is 26.3 Å². The molecule has 0 bridgehead atoms. The van der Waals surface area contributed by atoms with Crippen molar-refractivity contribution in [3.8, 4) is 72.5 Å². The van der Waals surface area contributed by atoms with E-state index in [0.29, 0.717) is 12.1 Å². The summed E-state index contributed by atoms with van der Waals surface area (Å²) in [5.41, 5.74) is 14.4. The molecule has 15 aromatic rings. The summed E-state index contributed by atoms with van der Waals surface area (Å²) in [6, 6.07) is 107. The van der Waals surface area contributed by atoms with Crippen molar-refractivity contribution >= 4 is 82.4 Å². The van der Waals surface area contributed by atoms with E-state index in [0.717, 1.165) is 18.2 Å². The Hall–Kier alpha value is -11.9. The first-order valence-electron chi connectivity index (χ1n) is 34.8. The van der Waals surface area contributed by atoms with Gasteiger partial charge in [-0.3, -0.25) is 0 Å². The molecule has 0 aliphatic heterocycles. The number of carbonyl (C=O) groups excluding carboxylic acids is 1. The van der Waals surface area contributed by atoms with Crippen LogP contribution in [0.3, 0.4) is 0 Å². The van der Waals surface area contributed by atoms with Crippen LogP contribution in [0.2, 0.25) is 0 Å². The fourth-order valence-electron chi connectivity index (χ4n) is 14.0. The van der Waals surface area contributed by atoms with Gasteiger partial charge in [-0.15, -0.1) is 0 Å². The van der Waals surface area contributed by atoms with Gasteiger partial charge in [-0.05, 0) is 168 Å².